The zero-order chi connectivity index (χ0) is 14.1. The van der Waals surface area contributed by atoms with E-state index in [0.29, 0.717) is 24.6 Å². The van der Waals surface area contributed by atoms with Crippen molar-refractivity contribution < 1.29 is 9.90 Å². The molecule has 102 valence electrons. The molecule has 0 unspecified atom stereocenters. The van der Waals surface area contributed by atoms with Gasteiger partial charge in [0.2, 0.25) is 0 Å². The summed E-state index contributed by atoms with van der Waals surface area (Å²) in [5, 5.41) is 9.54. The fourth-order valence-corrected chi connectivity index (χ4v) is 2.45. The van der Waals surface area contributed by atoms with Crippen molar-refractivity contribution in [3.8, 4) is 5.75 Å². The van der Waals surface area contributed by atoms with Crippen LogP contribution in [-0.4, -0.2) is 32.4 Å². The van der Waals surface area contributed by atoms with Gasteiger partial charge < -0.3 is 10.0 Å². The SMILES string of the molecule is Cc1nccc(C(=O)N2CCc3ccc(O)cc3C2)n1. The van der Waals surface area contributed by atoms with E-state index in [0.717, 1.165) is 12.0 Å². The molecule has 3 rings (SSSR count). The second kappa shape index (κ2) is 4.92. The number of benzene rings is 1. The molecule has 5 heteroatoms. The van der Waals surface area contributed by atoms with Crippen LogP contribution in [0, 0.1) is 6.92 Å². The zero-order valence-electron chi connectivity index (χ0n) is 11.2. The Balaban J connectivity index is 1.84. The first-order valence-electron chi connectivity index (χ1n) is 6.53. The molecule has 0 spiro atoms. The molecule has 1 aliphatic heterocycles. The highest BCUT2D eigenvalue weighted by atomic mass is 16.3. The molecule has 0 saturated heterocycles. The Morgan fingerprint density at radius 3 is 2.95 bits per heavy atom. The number of aromatic nitrogens is 2. The van der Waals surface area contributed by atoms with E-state index in [1.54, 1.807) is 36.2 Å². The number of phenols is 1. The van der Waals surface area contributed by atoms with E-state index in [1.165, 1.54) is 5.56 Å². The second-order valence-corrected chi connectivity index (χ2v) is 4.92. The van der Waals surface area contributed by atoms with E-state index in [2.05, 4.69) is 9.97 Å². The standard InChI is InChI=1S/C15H15N3O2/c1-10-16-6-4-14(17-10)15(20)18-7-5-11-2-3-13(19)8-12(11)9-18/h2-4,6,8,19H,5,7,9H2,1H3. The van der Waals surface area contributed by atoms with Crippen molar-refractivity contribution in [3.63, 3.8) is 0 Å². The number of phenolic OH excluding ortho intramolecular Hbond substituents is 1. The molecular weight excluding hydrogens is 254 g/mol. The van der Waals surface area contributed by atoms with Crippen molar-refractivity contribution in [2.45, 2.75) is 19.9 Å². The van der Waals surface area contributed by atoms with Gasteiger partial charge in [0.15, 0.2) is 0 Å². The first-order valence-corrected chi connectivity index (χ1v) is 6.53. The van der Waals surface area contributed by atoms with Crippen molar-refractivity contribution in [2.75, 3.05) is 6.54 Å². The van der Waals surface area contributed by atoms with Gasteiger partial charge in [0.05, 0.1) is 0 Å². The molecule has 0 aliphatic carbocycles. The van der Waals surface area contributed by atoms with Crippen LogP contribution in [0.3, 0.4) is 0 Å². The maximum Gasteiger partial charge on any atom is 0.272 e. The van der Waals surface area contributed by atoms with Crippen molar-refractivity contribution >= 4 is 5.91 Å². The lowest BCUT2D eigenvalue weighted by Crippen LogP contribution is -2.36. The summed E-state index contributed by atoms with van der Waals surface area (Å²) >= 11 is 0. The fourth-order valence-electron chi connectivity index (χ4n) is 2.45. The zero-order valence-corrected chi connectivity index (χ0v) is 11.2. The molecule has 20 heavy (non-hydrogen) atoms. The molecule has 0 fully saturated rings. The number of fused-ring (bicyclic) bond motifs is 1. The normalized spacial score (nSPS) is 13.9. The number of carbonyl (C=O) groups is 1. The van der Waals surface area contributed by atoms with Crippen LogP contribution in [0.4, 0.5) is 0 Å². The van der Waals surface area contributed by atoms with Gasteiger partial charge in [-0.25, -0.2) is 9.97 Å². The van der Waals surface area contributed by atoms with Crippen LogP contribution >= 0.6 is 0 Å². The van der Waals surface area contributed by atoms with Crippen LogP contribution in [-0.2, 0) is 13.0 Å². The van der Waals surface area contributed by atoms with Crippen LogP contribution in [0.2, 0.25) is 0 Å². The van der Waals surface area contributed by atoms with Gasteiger partial charge in [-0.1, -0.05) is 6.07 Å². The summed E-state index contributed by atoms with van der Waals surface area (Å²) in [5.41, 5.74) is 2.60. The molecule has 1 aromatic carbocycles. The maximum absolute atomic E-state index is 12.4. The number of nitrogens with zero attached hydrogens (tertiary/aromatic N) is 3. The predicted octanol–water partition coefficient (Wildman–Crippen LogP) is 1.69. The minimum absolute atomic E-state index is 0.0931. The first kappa shape index (κ1) is 12.6. The highest BCUT2D eigenvalue weighted by Gasteiger charge is 2.22. The Hall–Kier alpha value is -2.43. The molecule has 2 heterocycles. The van der Waals surface area contributed by atoms with Gasteiger partial charge in [-0.15, -0.1) is 0 Å². The maximum atomic E-state index is 12.4. The number of rotatable bonds is 1. The number of carbonyl (C=O) groups excluding carboxylic acids is 1. The van der Waals surface area contributed by atoms with E-state index in [-0.39, 0.29) is 11.7 Å². The van der Waals surface area contributed by atoms with E-state index < -0.39 is 0 Å². The number of aromatic hydroxyl groups is 1. The van der Waals surface area contributed by atoms with E-state index in [4.69, 9.17) is 0 Å². The highest BCUT2D eigenvalue weighted by molar-refractivity contribution is 5.92. The lowest BCUT2D eigenvalue weighted by atomic mass is 9.99. The molecule has 1 aliphatic rings. The Labute approximate surface area is 116 Å². The summed E-state index contributed by atoms with van der Waals surface area (Å²) in [6.07, 6.45) is 2.39. The summed E-state index contributed by atoms with van der Waals surface area (Å²) in [5.74, 6) is 0.728. The molecule has 2 aromatic rings. The predicted molar refractivity (Wildman–Crippen MR) is 73.3 cm³/mol. The molecule has 0 radical (unpaired) electrons. The van der Waals surface area contributed by atoms with Gasteiger partial charge in [-0.2, -0.15) is 0 Å². The van der Waals surface area contributed by atoms with Gasteiger partial charge in [0, 0.05) is 19.3 Å². The third-order valence-electron chi connectivity index (χ3n) is 3.48. The van der Waals surface area contributed by atoms with Crippen LogP contribution in [0.1, 0.15) is 27.4 Å². The summed E-state index contributed by atoms with van der Waals surface area (Å²) in [6, 6.07) is 6.96. The minimum Gasteiger partial charge on any atom is -0.508 e. The average Bonchev–Trinajstić information content (AvgIpc) is 2.45. The van der Waals surface area contributed by atoms with E-state index in [1.807, 2.05) is 6.07 Å². The molecule has 1 amide bonds. The van der Waals surface area contributed by atoms with Crippen molar-refractivity contribution in [2.24, 2.45) is 0 Å². The Kier molecular flexibility index (Phi) is 3.10. The number of amides is 1. The third-order valence-corrected chi connectivity index (χ3v) is 3.48. The molecule has 5 nitrogen and oxygen atoms in total. The molecule has 0 atom stereocenters. The lowest BCUT2D eigenvalue weighted by molar-refractivity contribution is 0.0728. The average molecular weight is 269 g/mol. The number of hydrogen-bond acceptors (Lipinski definition) is 4. The first-order chi connectivity index (χ1) is 9.63. The Morgan fingerprint density at radius 1 is 1.30 bits per heavy atom. The molecule has 0 bridgehead atoms. The van der Waals surface area contributed by atoms with Crippen LogP contribution in [0.5, 0.6) is 5.75 Å². The molecular formula is C15H15N3O2. The number of hydrogen-bond donors (Lipinski definition) is 1. The van der Waals surface area contributed by atoms with E-state index in [9.17, 15) is 9.90 Å². The van der Waals surface area contributed by atoms with Crippen LogP contribution < -0.4 is 0 Å². The summed E-state index contributed by atoms with van der Waals surface area (Å²) in [7, 11) is 0. The van der Waals surface area contributed by atoms with Crippen LogP contribution in [0.25, 0.3) is 0 Å². The van der Waals surface area contributed by atoms with Gasteiger partial charge in [-0.05, 0) is 42.7 Å². The van der Waals surface area contributed by atoms with Crippen LogP contribution in [0.15, 0.2) is 30.5 Å². The quantitative estimate of drug-likeness (QED) is 0.855. The molecule has 1 aromatic heterocycles. The Morgan fingerprint density at radius 2 is 2.15 bits per heavy atom. The van der Waals surface area contributed by atoms with Gasteiger partial charge in [0.25, 0.3) is 5.91 Å². The number of aryl methyl sites for hydroxylation is 1. The van der Waals surface area contributed by atoms with Crippen molar-refractivity contribution in [1.82, 2.24) is 14.9 Å². The van der Waals surface area contributed by atoms with Gasteiger partial charge >= 0.3 is 0 Å². The molecule has 1 N–H and O–H groups in total. The van der Waals surface area contributed by atoms with Gasteiger partial charge in [-0.3, -0.25) is 4.79 Å². The highest BCUT2D eigenvalue weighted by Crippen LogP contribution is 2.23. The second-order valence-electron chi connectivity index (χ2n) is 4.92. The third kappa shape index (κ3) is 2.34. The minimum atomic E-state index is -0.0931. The van der Waals surface area contributed by atoms with Gasteiger partial charge in [0.1, 0.15) is 17.3 Å². The monoisotopic (exact) mass is 269 g/mol. The van der Waals surface area contributed by atoms with Crippen molar-refractivity contribution in [3.05, 3.63) is 53.1 Å². The van der Waals surface area contributed by atoms with E-state index >= 15 is 0 Å². The topological polar surface area (TPSA) is 66.3 Å². The summed E-state index contributed by atoms with van der Waals surface area (Å²) in [4.78, 5) is 22.3. The lowest BCUT2D eigenvalue weighted by Gasteiger charge is -2.28. The fraction of sp³-hybridized carbons (Fsp3) is 0.267. The van der Waals surface area contributed by atoms with Crippen molar-refractivity contribution in [1.29, 1.82) is 0 Å². The smallest absolute Gasteiger partial charge is 0.272 e. The largest absolute Gasteiger partial charge is 0.508 e. The summed E-state index contributed by atoms with van der Waals surface area (Å²) < 4.78 is 0. The Bertz CT molecular complexity index is 670. The summed E-state index contributed by atoms with van der Waals surface area (Å²) in [6.45, 7) is 2.94. The molecule has 0 saturated carbocycles.